The molecule has 5 nitrogen and oxygen atoms in total. The molecule has 0 aliphatic heterocycles. The summed E-state index contributed by atoms with van der Waals surface area (Å²) in [5.74, 6) is 0. The molecule has 0 bridgehead atoms. The van der Waals surface area contributed by atoms with Gasteiger partial charge in [-0.05, 0) is 0 Å². The second-order valence-corrected chi connectivity index (χ2v) is 0.927. The lowest BCUT2D eigenvalue weighted by Crippen LogP contribution is -2.08. The first-order chi connectivity index (χ1) is 3.30. The maximum atomic E-state index is 9.98. The van der Waals surface area contributed by atoms with E-state index in [1.54, 1.807) is 0 Å². The highest BCUT2D eigenvalue weighted by Crippen LogP contribution is 1.61. The van der Waals surface area contributed by atoms with Crippen LogP contribution in [0.4, 0.5) is 0 Å². The molecular weight excluding hydrogens is 100 g/mol. The third-order valence-corrected chi connectivity index (χ3v) is 0.476. The molecule has 1 rings (SSSR count). The van der Waals surface area contributed by atoms with Crippen LogP contribution in [0.2, 0.25) is 0 Å². The van der Waals surface area contributed by atoms with E-state index in [1.807, 2.05) is 0 Å². The molecule has 1 heterocycles. The number of nitrogens with zero attached hydrogens (tertiary/aromatic N) is 2. The Balaban J connectivity index is 3.39. The summed E-state index contributed by atoms with van der Waals surface area (Å²) in [6.07, 6.45) is 0.861. The van der Waals surface area contributed by atoms with Crippen molar-refractivity contribution in [1.82, 2.24) is 10.1 Å². The van der Waals surface area contributed by atoms with Crippen LogP contribution < -0.4 is 5.56 Å². The molecule has 7 heavy (non-hydrogen) atoms. The summed E-state index contributed by atoms with van der Waals surface area (Å²) in [5, 5.41) is 11.1. The quantitative estimate of drug-likeness (QED) is 0.430. The van der Waals surface area contributed by atoms with Crippen LogP contribution in [-0.2, 0) is 0 Å². The van der Waals surface area contributed by atoms with E-state index < -0.39 is 5.56 Å². The SMILES string of the molecule is O=c1cnon1O. The zero-order valence-electron chi connectivity index (χ0n) is 3.24. The van der Waals surface area contributed by atoms with Gasteiger partial charge in [-0.1, -0.05) is 5.16 Å². The molecular formula is C2H2N2O3. The summed E-state index contributed by atoms with van der Waals surface area (Å²) >= 11 is 0. The molecule has 1 aromatic rings. The predicted molar refractivity (Wildman–Crippen MR) is 17.9 cm³/mol. The zero-order chi connectivity index (χ0) is 5.28. The van der Waals surface area contributed by atoms with E-state index in [0.717, 1.165) is 6.20 Å². The lowest BCUT2D eigenvalue weighted by Gasteiger charge is -1.72. The van der Waals surface area contributed by atoms with E-state index in [-0.39, 0.29) is 4.90 Å². The third-order valence-electron chi connectivity index (χ3n) is 0.476. The predicted octanol–water partition coefficient (Wildman–Crippen LogP) is -0.926. The van der Waals surface area contributed by atoms with Crippen LogP contribution in [0.15, 0.2) is 15.6 Å². The molecule has 0 atom stereocenters. The van der Waals surface area contributed by atoms with Crippen LogP contribution in [0.5, 0.6) is 0 Å². The fraction of sp³-hybridized carbons (Fsp3) is 0. The Hall–Kier alpha value is -1.26. The Bertz CT molecular complexity index is 199. The van der Waals surface area contributed by atoms with E-state index in [1.165, 1.54) is 0 Å². The van der Waals surface area contributed by atoms with Crippen LogP contribution in [0.25, 0.3) is 0 Å². The van der Waals surface area contributed by atoms with E-state index in [0.29, 0.717) is 0 Å². The topological polar surface area (TPSA) is 68.3 Å². The van der Waals surface area contributed by atoms with Gasteiger partial charge in [0.25, 0.3) is 0 Å². The molecule has 0 saturated carbocycles. The van der Waals surface area contributed by atoms with E-state index in [2.05, 4.69) is 9.79 Å². The van der Waals surface area contributed by atoms with Gasteiger partial charge in [-0.25, -0.2) is 4.63 Å². The van der Waals surface area contributed by atoms with Gasteiger partial charge in [0.05, 0.1) is 0 Å². The lowest BCUT2D eigenvalue weighted by atomic mass is 10.9. The molecule has 0 aromatic carbocycles. The Labute approximate surface area is 37.7 Å². The maximum absolute atomic E-state index is 9.98. The summed E-state index contributed by atoms with van der Waals surface area (Å²) in [6, 6.07) is 0. The van der Waals surface area contributed by atoms with Crippen LogP contribution in [0.1, 0.15) is 0 Å². The highest BCUT2D eigenvalue weighted by atomic mass is 16.8. The molecule has 0 fully saturated rings. The van der Waals surface area contributed by atoms with Crippen molar-refractivity contribution in [3.8, 4) is 0 Å². The van der Waals surface area contributed by atoms with Crippen LogP contribution in [0, 0.1) is 0 Å². The van der Waals surface area contributed by atoms with Crippen LogP contribution in [0.3, 0.4) is 0 Å². The molecule has 0 spiro atoms. The standard InChI is InChI=1S/C2H2N2O3/c5-2-1-3-7-4(2)6/h1,6H. The fourth-order valence-corrected chi connectivity index (χ4v) is 0.203. The first kappa shape index (κ1) is 3.91. The fourth-order valence-electron chi connectivity index (χ4n) is 0.203. The van der Waals surface area contributed by atoms with Gasteiger partial charge >= 0.3 is 5.56 Å². The molecule has 0 aliphatic rings. The van der Waals surface area contributed by atoms with Crippen molar-refractivity contribution in [1.29, 1.82) is 0 Å². The molecule has 0 unspecified atom stereocenters. The van der Waals surface area contributed by atoms with Crippen molar-refractivity contribution in [2.24, 2.45) is 0 Å². The second kappa shape index (κ2) is 1.11. The average molecular weight is 102 g/mol. The minimum atomic E-state index is -0.667. The van der Waals surface area contributed by atoms with Crippen molar-refractivity contribution in [2.45, 2.75) is 0 Å². The van der Waals surface area contributed by atoms with Gasteiger partial charge in [0, 0.05) is 4.90 Å². The van der Waals surface area contributed by atoms with Crippen molar-refractivity contribution in [3.05, 3.63) is 16.6 Å². The van der Waals surface area contributed by atoms with Gasteiger partial charge in [-0.15, -0.1) is 0 Å². The maximum Gasteiger partial charge on any atom is 0.343 e. The minimum Gasteiger partial charge on any atom is -0.396 e. The van der Waals surface area contributed by atoms with Crippen molar-refractivity contribution >= 4 is 0 Å². The largest absolute Gasteiger partial charge is 0.396 e. The lowest BCUT2D eigenvalue weighted by molar-refractivity contribution is -0.0250. The van der Waals surface area contributed by atoms with Crippen molar-refractivity contribution in [3.63, 3.8) is 0 Å². The molecule has 0 aliphatic carbocycles. The van der Waals surface area contributed by atoms with Gasteiger partial charge < -0.3 is 5.21 Å². The van der Waals surface area contributed by atoms with Gasteiger partial charge in [0.1, 0.15) is 6.20 Å². The number of rotatable bonds is 0. The van der Waals surface area contributed by atoms with Crippen LogP contribution >= 0.6 is 0 Å². The molecule has 0 amide bonds. The molecule has 38 valence electrons. The smallest absolute Gasteiger partial charge is 0.343 e. The zero-order valence-corrected chi connectivity index (χ0v) is 3.24. The van der Waals surface area contributed by atoms with E-state index in [9.17, 15) is 4.79 Å². The summed E-state index contributed by atoms with van der Waals surface area (Å²) in [7, 11) is 0. The highest BCUT2D eigenvalue weighted by molar-refractivity contribution is 4.59. The summed E-state index contributed by atoms with van der Waals surface area (Å²) in [6.45, 7) is 0. The van der Waals surface area contributed by atoms with E-state index in [4.69, 9.17) is 5.21 Å². The highest BCUT2D eigenvalue weighted by Gasteiger charge is 1.89. The number of aromatic nitrogens is 2. The van der Waals surface area contributed by atoms with Crippen molar-refractivity contribution in [2.75, 3.05) is 0 Å². The normalized spacial score (nSPS) is 9.14. The number of hydrogen-bond donors (Lipinski definition) is 1. The first-order valence-corrected chi connectivity index (χ1v) is 1.54. The van der Waals surface area contributed by atoms with Gasteiger partial charge in [-0.3, -0.25) is 4.79 Å². The Kier molecular flexibility index (Phi) is 0.619. The Morgan fingerprint density at radius 1 is 2.00 bits per heavy atom. The van der Waals surface area contributed by atoms with Gasteiger partial charge in [0.2, 0.25) is 0 Å². The summed E-state index contributed by atoms with van der Waals surface area (Å²) in [5.41, 5.74) is -0.667. The monoisotopic (exact) mass is 102 g/mol. The average Bonchev–Trinajstić information content (AvgIpc) is 1.91. The van der Waals surface area contributed by atoms with Crippen molar-refractivity contribution < 1.29 is 9.84 Å². The first-order valence-electron chi connectivity index (χ1n) is 1.54. The molecule has 1 aromatic heterocycles. The molecule has 1 N–H and O–H groups in total. The Morgan fingerprint density at radius 3 is 2.86 bits per heavy atom. The van der Waals surface area contributed by atoms with Gasteiger partial charge in [0.15, 0.2) is 0 Å². The third kappa shape index (κ3) is 0.466. The summed E-state index contributed by atoms with van der Waals surface area (Å²) in [4.78, 5) is 10.0. The van der Waals surface area contributed by atoms with E-state index >= 15 is 0 Å². The minimum absolute atomic E-state index is 0.0417. The second-order valence-electron chi connectivity index (χ2n) is 0.927. The summed E-state index contributed by atoms with van der Waals surface area (Å²) < 4.78 is 3.87. The van der Waals surface area contributed by atoms with Crippen LogP contribution in [-0.4, -0.2) is 15.3 Å². The number of hydrogen-bond acceptors (Lipinski definition) is 4. The van der Waals surface area contributed by atoms with Gasteiger partial charge in [-0.2, -0.15) is 0 Å². The Morgan fingerprint density at radius 2 is 2.71 bits per heavy atom. The molecule has 0 saturated heterocycles. The molecule has 0 radical (unpaired) electrons. The molecule has 5 heteroatoms.